The van der Waals surface area contributed by atoms with Crippen LogP contribution in [0.25, 0.3) is 0 Å². The fraction of sp³-hybridized carbons (Fsp3) is 0.600. The van der Waals surface area contributed by atoms with Gasteiger partial charge in [0.25, 0.3) is 0 Å². The van der Waals surface area contributed by atoms with Gasteiger partial charge in [-0.1, -0.05) is 18.6 Å². The van der Waals surface area contributed by atoms with E-state index < -0.39 is 0 Å². The van der Waals surface area contributed by atoms with Gasteiger partial charge in [-0.25, -0.2) is 4.39 Å². The maximum atomic E-state index is 13.3. The first-order valence-corrected chi connectivity index (χ1v) is 9.59. The minimum atomic E-state index is -0.325. The highest BCUT2D eigenvalue weighted by atomic mass is 19.1. The Bertz CT molecular complexity index is 652. The lowest BCUT2D eigenvalue weighted by Gasteiger charge is -2.27. The van der Waals surface area contributed by atoms with Crippen LogP contribution in [0.4, 0.5) is 4.39 Å². The zero-order chi connectivity index (χ0) is 18.5. The van der Waals surface area contributed by atoms with Crippen molar-refractivity contribution in [1.82, 2.24) is 9.80 Å². The number of amides is 2. The first-order chi connectivity index (χ1) is 12.6. The Kier molecular flexibility index (Phi) is 6.25. The molecule has 1 saturated carbocycles. The third-order valence-corrected chi connectivity index (χ3v) is 5.68. The van der Waals surface area contributed by atoms with E-state index >= 15 is 0 Å². The first kappa shape index (κ1) is 18.8. The molecule has 1 saturated heterocycles. The quantitative estimate of drug-likeness (QED) is 0.889. The number of carbonyl (C=O) groups is 2. The van der Waals surface area contributed by atoms with Crippen LogP contribution in [-0.4, -0.2) is 54.3 Å². The molecule has 26 heavy (non-hydrogen) atoms. The summed E-state index contributed by atoms with van der Waals surface area (Å²) in [5, 5.41) is 0. The molecule has 2 aliphatic rings. The molecule has 1 aliphatic carbocycles. The van der Waals surface area contributed by atoms with E-state index in [4.69, 9.17) is 5.73 Å². The number of hydrogen-bond acceptors (Lipinski definition) is 3. The van der Waals surface area contributed by atoms with Crippen LogP contribution in [0.1, 0.15) is 31.2 Å². The summed E-state index contributed by atoms with van der Waals surface area (Å²) < 4.78 is 13.3. The van der Waals surface area contributed by atoms with Crippen LogP contribution < -0.4 is 5.73 Å². The number of nitrogens with two attached hydrogens (primary N) is 1. The Labute approximate surface area is 154 Å². The number of halogens is 1. The van der Waals surface area contributed by atoms with E-state index in [1.165, 1.54) is 12.1 Å². The molecule has 2 atom stereocenters. The molecule has 2 amide bonds. The second-order valence-corrected chi connectivity index (χ2v) is 7.40. The molecule has 3 rings (SSSR count). The van der Waals surface area contributed by atoms with Crippen LogP contribution in [0.3, 0.4) is 0 Å². The number of benzene rings is 1. The Hall–Kier alpha value is -1.95. The van der Waals surface area contributed by atoms with Crippen LogP contribution >= 0.6 is 0 Å². The van der Waals surface area contributed by atoms with E-state index in [0.29, 0.717) is 44.2 Å². The van der Waals surface area contributed by atoms with Crippen LogP contribution in [0.5, 0.6) is 0 Å². The van der Waals surface area contributed by atoms with Gasteiger partial charge < -0.3 is 15.5 Å². The number of rotatable bonds is 4. The predicted molar refractivity (Wildman–Crippen MR) is 97.8 cm³/mol. The summed E-state index contributed by atoms with van der Waals surface area (Å²) in [5.41, 5.74) is 6.50. The molecule has 2 fully saturated rings. The third-order valence-electron chi connectivity index (χ3n) is 5.68. The molecule has 0 spiro atoms. The molecule has 1 aliphatic heterocycles. The van der Waals surface area contributed by atoms with Crippen molar-refractivity contribution in [2.75, 3.05) is 32.7 Å². The maximum absolute atomic E-state index is 13.3. The van der Waals surface area contributed by atoms with Crippen LogP contribution in [0.15, 0.2) is 24.3 Å². The van der Waals surface area contributed by atoms with E-state index in [9.17, 15) is 14.0 Å². The lowest BCUT2D eigenvalue weighted by Crippen LogP contribution is -2.42. The molecule has 5 nitrogen and oxygen atoms in total. The van der Waals surface area contributed by atoms with Crippen molar-refractivity contribution >= 4 is 11.8 Å². The van der Waals surface area contributed by atoms with Crippen molar-refractivity contribution in [3.63, 3.8) is 0 Å². The van der Waals surface area contributed by atoms with Gasteiger partial charge in [0.2, 0.25) is 11.8 Å². The Morgan fingerprint density at radius 3 is 2.62 bits per heavy atom. The molecule has 1 aromatic rings. The summed E-state index contributed by atoms with van der Waals surface area (Å²) >= 11 is 0. The fourth-order valence-electron chi connectivity index (χ4n) is 4.20. The first-order valence-electron chi connectivity index (χ1n) is 9.59. The molecule has 2 N–H and O–H groups in total. The molecule has 6 heteroatoms. The van der Waals surface area contributed by atoms with E-state index in [1.54, 1.807) is 17.0 Å². The van der Waals surface area contributed by atoms with E-state index in [-0.39, 0.29) is 30.0 Å². The topological polar surface area (TPSA) is 66.6 Å². The van der Waals surface area contributed by atoms with Gasteiger partial charge in [-0.05, 0) is 49.4 Å². The van der Waals surface area contributed by atoms with E-state index in [2.05, 4.69) is 0 Å². The zero-order valence-electron chi connectivity index (χ0n) is 15.2. The predicted octanol–water partition coefficient (Wildman–Crippen LogP) is 1.80. The second-order valence-electron chi connectivity index (χ2n) is 7.40. The van der Waals surface area contributed by atoms with Gasteiger partial charge in [0.05, 0.1) is 6.42 Å². The van der Waals surface area contributed by atoms with Crippen molar-refractivity contribution in [2.24, 2.45) is 17.6 Å². The molecule has 0 unspecified atom stereocenters. The van der Waals surface area contributed by atoms with Gasteiger partial charge >= 0.3 is 0 Å². The minimum Gasteiger partial charge on any atom is -0.341 e. The van der Waals surface area contributed by atoms with Crippen molar-refractivity contribution < 1.29 is 14.0 Å². The van der Waals surface area contributed by atoms with Crippen LogP contribution in [-0.2, 0) is 16.0 Å². The van der Waals surface area contributed by atoms with Gasteiger partial charge in [0, 0.05) is 32.1 Å². The molecule has 142 valence electrons. The van der Waals surface area contributed by atoms with Crippen molar-refractivity contribution in [3.8, 4) is 0 Å². The average Bonchev–Trinajstić information content (AvgIpc) is 2.97. The molecule has 1 aromatic carbocycles. The normalized spacial score (nSPS) is 23.8. The number of hydrogen-bond donors (Lipinski definition) is 1. The van der Waals surface area contributed by atoms with Gasteiger partial charge in [0.1, 0.15) is 5.82 Å². The minimum absolute atomic E-state index is 0.00870. The molecule has 1 heterocycles. The summed E-state index contributed by atoms with van der Waals surface area (Å²) in [5.74, 6) is 0.225. The van der Waals surface area contributed by atoms with E-state index in [1.807, 2.05) is 4.90 Å². The lowest BCUT2D eigenvalue weighted by molar-refractivity contribution is -0.137. The van der Waals surface area contributed by atoms with Gasteiger partial charge in [-0.2, -0.15) is 0 Å². The van der Waals surface area contributed by atoms with E-state index in [0.717, 1.165) is 25.7 Å². The Morgan fingerprint density at radius 2 is 1.85 bits per heavy atom. The summed E-state index contributed by atoms with van der Waals surface area (Å²) in [6.45, 7) is 3.02. The summed E-state index contributed by atoms with van der Waals surface area (Å²) in [6.07, 6.45) is 4.02. The largest absolute Gasteiger partial charge is 0.341 e. The Morgan fingerprint density at radius 1 is 1.08 bits per heavy atom. The monoisotopic (exact) mass is 361 g/mol. The summed E-state index contributed by atoms with van der Waals surface area (Å²) in [4.78, 5) is 29.1. The summed E-state index contributed by atoms with van der Waals surface area (Å²) in [6, 6.07) is 6.16. The standard InChI is InChI=1S/C20H28FN3O2/c21-17-6-1-4-15(12-17)13-19(25)23-8-3-9-24(11-10-23)20(26)18-7-2-5-16(18)14-22/h1,4,6,12,16,18H,2-3,5,7-11,13-14,22H2/t16-,18-/m1/s1. The highest BCUT2D eigenvalue weighted by Gasteiger charge is 2.35. The van der Waals surface area contributed by atoms with Gasteiger partial charge in [-0.3, -0.25) is 9.59 Å². The smallest absolute Gasteiger partial charge is 0.227 e. The molecule has 0 radical (unpaired) electrons. The lowest BCUT2D eigenvalue weighted by atomic mass is 9.94. The molecule has 0 bridgehead atoms. The highest BCUT2D eigenvalue weighted by molar-refractivity contribution is 5.80. The van der Waals surface area contributed by atoms with Crippen molar-refractivity contribution in [2.45, 2.75) is 32.1 Å². The zero-order valence-corrected chi connectivity index (χ0v) is 15.2. The Balaban J connectivity index is 1.56. The van der Waals surface area contributed by atoms with Gasteiger partial charge in [-0.15, -0.1) is 0 Å². The summed E-state index contributed by atoms with van der Waals surface area (Å²) in [7, 11) is 0. The highest BCUT2D eigenvalue weighted by Crippen LogP contribution is 2.32. The third kappa shape index (κ3) is 4.41. The fourth-order valence-corrected chi connectivity index (χ4v) is 4.20. The number of nitrogens with zero attached hydrogens (tertiary/aromatic N) is 2. The number of carbonyl (C=O) groups excluding carboxylic acids is 2. The second kappa shape index (κ2) is 8.62. The maximum Gasteiger partial charge on any atom is 0.227 e. The van der Waals surface area contributed by atoms with Crippen LogP contribution in [0, 0.1) is 17.7 Å². The molecular formula is C20H28FN3O2. The average molecular weight is 361 g/mol. The SMILES string of the molecule is NC[C@H]1CCC[C@H]1C(=O)N1CCCN(C(=O)Cc2cccc(F)c2)CC1. The van der Waals surface area contributed by atoms with Crippen molar-refractivity contribution in [3.05, 3.63) is 35.6 Å². The molecule has 0 aromatic heterocycles. The van der Waals surface area contributed by atoms with Crippen LogP contribution in [0.2, 0.25) is 0 Å². The van der Waals surface area contributed by atoms with Gasteiger partial charge in [0.15, 0.2) is 0 Å². The van der Waals surface area contributed by atoms with Crippen molar-refractivity contribution in [1.29, 1.82) is 0 Å². The molecular weight excluding hydrogens is 333 g/mol.